The summed E-state index contributed by atoms with van der Waals surface area (Å²) in [6.07, 6.45) is 13.7. The third kappa shape index (κ3) is 3.44. The average molecular weight is 341 g/mol. The van der Waals surface area contributed by atoms with Crippen molar-refractivity contribution in [3.63, 3.8) is 0 Å². The summed E-state index contributed by atoms with van der Waals surface area (Å²) >= 11 is 0. The van der Waals surface area contributed by atoms with Crippen LogP contribution >= 0.6 is 0 Å². The highest BCUT2D eigenvalue weighted by molar-refractivity contribution is 5.99. The highest BCUT2D eigenvalue weighted by Crippen LogP contribution is 2.64. The summed E-state index contributed by atoms with van der Waals surface area (Å²) < 4.78 is 0. The number of Topliss-reactive ketones (excluding diaryl/α,β-unsaturated/α-hetero) is 1. The number of carbonyl (C=O) groups is 1. The molecule has 0 aromatic heterocycles. The maximum Gasteiger partial charge on any atom is 0.159 e. The van der Waals surface area contributed by atoms with Crippen LogP contribution in [0.3, 0.4) is 0 Å². The summed E-state index contributed by atoms with van der Waals surface area (Å²) in [6, 6.07) is 0. The van der Waals surface area contributed by atoms with Crippen molar-refractivity contribution >= 4 is 5.78 Å². The van der Waals surface area contributed by atoms with Crippen molar-refractivity contribution in [2.75, 3.05) is 0 Å². The molecule has 0 radical (unpaired) electrons. The van der Waals surface area contributed by atoms with E-state index in [1.165, 1.54) is 30.4 Å². The third-order valence-corrected chi connectivity index (χ3v) is 7.69. The zero-order chi connectivity index (χ0) is 18.5. The Balaban J connectivity index is 1.77. The number of carbonyl (C=O) groups excluding carboxylic acids is 1. The Morgan fingerprint density at radius 2 is 1.88 bits per heavy atom. The number of ketones is 1. The molecule has 1 fully saturated rings. The van der Waals surface area contributed by atoms with Crippen molar-refractivity contribution < 1.29 is 4.79 Å². The molecule has 3 aliphatic rings. The van der Waals surface area contributed by atoms with Gasteiger partial charge in [-0.2, -0.15) is 0 Å². The minimum Gasteiger partial charge on any atom is -0.295 e. The van der Waals surface area contributed by atoms with Crippen LogP contribution in [0.25, 0.3) is 0 Å². The SMILES string of the molecule is C/C(=C\CCC(C)(C1=CCC2=C(CCC2=O)C1)C1(C)CC1)C(C)(C)C. The molecule has 0 aliphatic heterocycles. The Bertz CT molecular complexity index is 661. The summed E-state index contributed by atoms with van der Waals surface area (Å²) in [5.41, 5.74) is 6.75. The largest absolute Gasteiger partial charge is 0.295 e. The van der Waals surface area contributed by atoms with Gasteiger partial charge in [0.15, 0.2) is 5.78 Å². The van der Waals surface area contributed by atoms with Crippen molar-refractivity contribution in [1.29, 1.82) is 0 Å². The first-order valence-electron chi connectivity index (χ1n) is 10.2. The second-order valence-corrected chi connectivity index (χ2v) is 10.2. The van der Waals surface area contributed by atoms with E-state index in [4.69, 9.17) is 0 Å². The Hall–Kier alpha value is -1.11. The lowest BCUT2D eigenvalue weighted by molar-refractivity contribution is -0.115. The van der Waals surface area contributed by atoms with Crippen LogP contribution < -0.4 is 0 Å². The predicted octanol–water partition coefficient (Wildman–Crippen LogP) is 6.95. The first-order valence-corrected chi connectivity index (χ1v) is 10.2. The Morgan fingerprint density at radius 3 is 2.48 bits per heavy atom. The summed E-state index contributed by atoms with van der Waals surface area (Å²) in [5, 5.41) is 0. The molecule has 25 heavy (non-hydrogen) atoms. The number of hydrogen-bond donors (Lipinski definition) is 0. The summed E-state index contributed by atoms with van der Waals surface area (Å²) in [4.78, 5) is 12.0. The van der Waals surface area contributed by atoms with E-state index in [1.54, 1.807) is 5.57 Å². The van der Waals surface area contributed by atoms with E-state index in [2.05, 4.69) is 53.7 Å². The molecule has 0 aromatic rings. The highest BCUT2D eigenvalue weighted by atomic mass is 16.1. The van der Waals surface area contributed by atoms with Gasteiger partial charge in [0, 0.05) is 6.42 Å². The maximum atomic E-state index is 12.0. The van der Waals surface area contributed by atoms with E-state index in [-0.39, 0.29) is 10.8 Å². The molecule has 1 unspecified atom stereocenters. The molecule has 3 aliphatic carbocycles. The van der Waals surface area contributed by atoms with Gasteiger partial charge in [0.25, 0.3) is 0 Å². The Morgan fingerprint density at radius 1 is 1.20 bits per heavy atom. The van der Waals surface area contributed by atoms with Crippen molar-refractivity contribution in [3.8, 4) is 0 Å². The Labute approximate surface area is 154 Å². The zero-order valence-electron chi connectivity index (χ0n) is 17.2. The first-order chi connectivity index (χ1) is 11.6. The van der Waals surface area contributed by atoms with Crippen LogP contribution in [0.5, 0.6) is 0 Å². The molecule has 1 atom stereocenters. The molecule has 0 saturated heterocycles. The van der Waals surface area contributed by atoms with Gasteiger partial charge in [-0.15, -0.1) is 0 Å². The van der Waals surface area contributed by atoms with Crippen molar-refractivity contribution in [2.45, 2.75) is 92.9 Å². The van der Waals surface area contributed by atoms with E-state index in [9.17, 15) is 4.79 Å². The lowest BCUT2D eigenvalue weighted by atomic mass is 9.64. The Kier molecular flexibility index (Phi) is 4.67. The van der Waals surface area contributed by atoms with Crippen LogP contribution in [0.2, 0.25) is 0 Å². The van der Waals surface area contributed by atoms with Gasteiger partial charge in [-0.05, 0) is 73.7 Å². The van der Waals surface area contributed by atoms with Crippen LogP contribution in [-0.2, 0) is 4.79 Å². The predicted molar refractivity (Wildman–Crippen MR) is 106 cm³/mol. The molecular weight excluding hydrogens is 304 g/mol. The van der Waals surface area contributed by atoms with Crippen LogP contribution in [0, 0.1) is 16.2 Å². The molecule has 3 rings (SSSR count). The van der Waals surface area contributed by atoms with Crippen molar-refractivity contribution in [1.82, 2.24) is 0 Å². The van der Waals surface area contributed by atoms with E-state index in [1.807, 2.05) is 0 Å². The summed E-state index contributed by atoms with van der Waals surface area (Å²) in [5.74, 6) is 0.411. The van der Waals surface area contributed by atoms with Gasteiger partial charge in [0.2, 0.25) is 0 Å². The third-order valence-electron chi connectivity index (χ3n) is 7.69. The van der Waals surface area contributed by atoms with Gasteiger partial charge < -0.3 is 0 Å². The number of hydrogen-bond acceptors (Lipinski definition) is 1. The minimum atomic E-state index is 0.272. The lowest BCUT2D eigenvalue weighted by Gasteiger charge is -2.41. The fourth-order valence-corrected chi connectivity index (χ4v) is 4.64. The first kappa shape index (κ1) is 18.7. The fraction of sp³-hybridized carbons (Fsp3) is 0.708. The zero-order valence-corrected chi connectivity index (χ0v) is 17.2. The molecule has 0 bridgehead atoms. The molecule has 1 saturated carbocycles. The van der Waals surface area contributed by atoms with Gasteiger partial charge in [0.05, 0.1) is 0 Å². The van der Waals surface area contributed by atoms with Crippen LogP contribution in [0.15, 0.2) is 34.4 Å². The smallest absolute Gasteiger partial charge is 0.159 e. The van der Waals surface area contributed by atoms with Gasteiger partial charge in [-0.3, -0.25) is 4.79 Å². The van der Waals surface area contributed by atoms with E-state index in [0.29, 0.717) is 11.2 Å². The second kappa shape index (κ2) is 6.25. The number of allylic oxidation sites excluding steroid dienone is 6. The monoisotopic (exact) mass is 340 g/mol. The summed E-state index contributed by atoms with van der Waals surface area (Å²) in [7, 11) is 0. The van der Waals surface area contributed by atoms with E-state index >= 15 is 0 Å². The molecule has 0 spiro atoms. The molecule has 138 valence electrons. The van der Waals surface area contributed by atoms with Crippen molar-refractivity contribution in [3.05, 3.63) is 34.4 Å². The second-order valence-electron chi connectivity index (χ2n) is 10.2. The van der Waals surface area contributed by atoms with E-state index < -0.39 is 0 Å². The highest BCUT2D eigenvalue weighted by Gasteiger charge is 2.54. The topological polar surface area (TPSA) is 17.1 Å². The van der Waals surface area contributed by atoms with Crippen molar-refractivity contribution in [2.24, 2.45) is 16.2 Å². The molecule has 0 heterocycles. The van der Waals surface area contributed by atoms with Gasteiger partial charge in [0.1, 0.15) is 0 Å². The van der Waals surface area contributed by atoms with Crippen LogP contribution in [0.1, 0.15) is 92.9 Å². The van der Waals surface area contributed by atoms with Crippen LogP contribution in [0.4, 0.5) is 0 Å². The molecular formula is C24H36O. The normalized spacial score (nSPS) is 25.6. The molecule has 1 nitrogen and oxygen atoms in total. The molecule has 0 amide bonds. The molecule has 1 heteroatoms. The quantitative estimate of drug-likeness (QED) is 0.495. The molecule has 0 N–H and O–H groups in total. The summed E-state index contributed by atoms with van der Waals surface area (Å²) in [6.45, 7) is 14.2. The van der Waals surface area contributed by atoms with Gasteiger partial charge >= 0.3 is 0 Å². The minimum absolute atomic E-state index is 0.272. The lowest BCUT2D eigenvalue weighted by Crippen LogP contribution is -2.30. The average Bonchev–Trinajstić information content (AvgIpc) is 3.20. The maximum absolute atomic E-state index is 12.0. The standard InChI is InChI=1S/C24H36O/c1-17(22(2,3)4)8-7-13-24(6,23(5)14-15-23)19-10-11-20-18(16-19)9-12-21(20)25/h8,10H,7,9,11-16H2,1-6H3/b17-8+. The van der Waals surface area contributed by atoms with E-state index in [0.717, 1.165) is 37.7 Å². The molecule has 0 aromatic carbocycles. The van der Waals surface area contributed by atoms with Gasteiger partial charge in [-0.25, -0.2) is 0 Å². The van der Waals surface area contributed by atoms with Gasteiger partial charge in [-0.1, -0.05) is 63.5 Å². The number of rotatable bonds is 5. The van der Waals surface area contributed by atoms with Crippen LogP contribution in [-0.4, -0.2) is 5.78 Å². The fourth-order valence-electron chi connectivity index (χ4n) is 4.64.